The third-order valence-corrected chi connectivity index (χ3v) is 3.07. The first-order chi connectivity index (χ1) is 10.0. The second kappa shape index (κ2) is 5.09. The number of hydrogen-bond donors (Lipinski definition) is 1. The van der Waals surface area contributed by atoms with Crippen molar-refractivity contribution in [3.05, 3.63) is 66.2 Å². The summed E-state index contributed by atoms with van der Waals surface area (Å²) < 4.78 is 39.0. The van der Waals surface area contributed by atoms with Crippen molar-refractivity contribution >= 4 is 22.4 Å². The van der Waals surface area contributed by atoms with E-state index in [1.165, 1.54) is 6.07 Å². The van der Waals surface area contributed by atoms with E-state index in [4.69, 9.17) is 0 Å². The minimum absolute atomic E-state index is 0.0501. The van der Waals surface area contributed by atoms with E-state index in [9.17, 15) is 13.2 Å². The van der Waals surface area contributed by atoms with Crippen LogP contribution < -0.4 is 5.32 Å². The Hall–Kier alpha value is -2.56. The van der Waals surface area contributed by atoms with Crippen LogP contribution in [0.3, 0.4) is 0 Å². The van der Waals surface area contributed by atoms with Crippen LogP contribution in [0.2, 0.25) is 0 Å². The molecule has 0 atom stereocenters. The number of hydrogen-bond acceptors (Lipinski definition) is 2. The van der Waals surface area contributed by atoms with E-state index >= 15 is 0 Å². The third kappa shape index (κ3) is 2.81. The van der Waals surface area contributed by atoms with E-state index in [1.807, 2.05) is 30.3 Å². The predicted octanol–water partition coefficient (Wildman–Crippen LogP) is 5.00. The van der Waals surface area contributed by atoms with E-state index in [2.05, 4.69) is 10.3 Å². The van der Waals surface area contributed by atoms with Crippen molar-refractivity contribution in [2.24, 2.45) is 0 Å². The molecule has 0 amide bonds. The van der Waals surface area contributed by atoms with Gasteiger partial charge >= 0.3 is 6.18 Å². The lowest BCUT2D eigenvalue weighted by molar-refractivity contribution is -0.136. The van der Waals surface area contributed by atoms with Crippen molar-refractivity contribution < 1.29 is 13.2 Å². The van der Waals surface area contributed by atoms with E-state index in [1.54, 1.807) is 18.2 Å². The van der Waals surface area contributed by atoms with Crippen LogP contribution in [0.25, 0.3) is 10.9 Å². The normalized spacial score (nSPS) is 11.6. The molecule has 0 unspecified atom stereocenters. The zero-order chi connectivity index (χ0) is 14.9. The molecule has 0 radical (unpaired) electrons. The average molecular weight is 288 g/mol. The molecule has 3 aromatic rings. The quantitative estimate of drug-likeness (QED) is 0.718. The zero-order valence-electron chi connectivity index (χ0n) is 10.9. The first-order valence-corrected chi connectivity index (χ1v) is 6.33. The van der Waals surface area contributed by atoms with Crippen LogP contribution in [0.15, 0.2) is 60.7 Å². The summed E-state index contributed by atoms with van der Waals surface area (Å²) in [4.78, 5) is 4.11. The molecule has 0 saturated heterocycles. The molecular weight excluding hydrogens is 277 g/mol. The highest BCUT2D eigenvalue weighted by Crippen LogP contribution is 2.34. The molecule has 2 nitrogen and oxygen atoms in total. The van der Waals surface area contributed by atoms with Crippen LogP contribution in [0.1, 0.15) is 5.56 Å². The van der Waals surface area contributed by atoms with Crippen molar-refractivity contribution in [2.45, 2.75) is 6.18 Å². The molecule has 0 fully saturated rings. The number of pyridine rings is 1. The highest BCUT2D eigenvalue weighted by atomic mass is 19.4. The lowest BCUT2D eigenvalue weighted by Crippen LogP contribution is -2.07. The molecule has 2 aromatic carbocycles. The molecule has 106 valence electrons. The molecule has 21 heavy (non-hydrogen) atoms. The summed E-state index contributed by atoms with van der Waals surface area (Å²) >= 11 is 0. The fraction of sp³-hybridized carbons (Fsp3) is 0.0625. The van der Waals surface area contributed by atoms with Gasteiger partial charge in [-0.3, -0.25) is 0 Å². The van der Waals surface area contributed by atoms with Crippen LogP contribution in [0, 0.1) is 0 Å². The van der Waals surface area contributed by atoms with E-state index < -0.39 is 11.7 Å². The van der Waals surface area contributed by atoms with Gasteiger partial charge in [-0.05, 0) is 30.3 Å². The van der Waals surface area contributed by atoms with Gasteiger partial charge in [0.1, 0.15) is 5.82 Å². The van der Waals surface area contributed by atoms with Gasteiger partial charge in [0.2, 0.25) is 0 Å². The van der Waals surface area contributed by atoms with Crippen molar-refractivity contribution in [1.82, 2.24) is 4.98 Å². The number of para-hydroxylation sites is 2. The van der Waals surface area contributed by atoms with Gasteiger partial charge in [0.05, 0.1) is 11.1 Å². The Bertz CT molecular complexity index is 767. The van der Waals surface area contributed by atoms with Gasteiger partial charge in [0, 0.05) is 11.1 Å². The van der Waals surface area contributed by atoms with Crippen LogP contribution in [0.4, 0.5) is 24.7 Å². The Balaban J connectivity index is 2.07. The molecule has 0 aliphatic rings. The Morgan fingerprint density at radius 1 is 0.810 bits per heavy atom. The fourth-order valence-electron chi connectivity index (χ4n) is 2.11. The largest absolute Gasteiger partial charge is 0.418 e. The number of aromatic nitrogens is 1. The second-order valence-corrected chi connectivity index (χ2v) is 4.56. The van der Waals surface area contributed by atoms with Gasteiger partial charge in [0.25, 0.3) is 0 Å². The maximum atomic E-state index is 13.0. The molecule has 1 aromatic heterocycles. The summed E-state index contributed by atoms with van der Waals surface area (Å²) in [5.74, 6) is 0.380. The van der Waals surface area contributed by atoms with Gasteiger partial charge < -0.3 is 5.32 Å². The highest BCUT2D eigenvalue weighted by molar-refractivity contribution is 5.84. The van der Waals surface area contributed by atoms with Crippen molar-refractivity contribution in [1.29, 1.82) is 0 Å². The van der Waals surface area contributed by atoms with Crippen LogP contribution in [-0.4, -0.2) is 4.98 Å². The van der Waals surface area contributed by atoms with Gasteiger partial charge in [-0.1, -0.05) is 30.3 Å². The number of benzene rings is 2. The molecule has 5 heteroatoms. The molecule has 3 rings (SSSR count). The molecular formula is C16H11F3N2. The predicted molar refractivity (Wildman–Crippen MR) is 76.5 cm³/mol. The first kappa shape index (κ1) is 13.4. The van der Waals surface area contributed by atoms with E-state index in [0.29, 0.717) is 11.2 Å². The summed E-state index contributed by atoms with van der Waals surface area (Å²) in [7, 11) is 0. The summed E-state index contributed by atoms with van der Waals surface area (Å²) in [6.45, 7) is 0. The van der Waals surface area contributed by atoms with Gasteiger partial charge in [-0.2, -0.15) is 13.2 Å². The maximum Gasteiger partial charge on any atom is 0.418 e. The molecule has 0 bridgehead atoms. The fourth-order valence-corrected chi connectivity index (χ4v) is 2.11. The minimum Gasteiger partial charge on any atom is -0.340 e. The summed E-state index contributed by atoms with van der Waals surface area (Å²) in [5.41, 5.74) is -0.00326. The maximum absolute atomic E-state index is 13.0. The van der Waals surface area contributed by atoms with Crippen molar-refractivity contribution in [3.8, 4) is 0 Å². The second-order valence-electron chi connectivity index (χ2n) is 4.56. The number of rotatable bonds is 2. The average Bonchev–Trinajstić information content (AvgIpc) is 2.46. The number of anilines is 2. The molecule has 1 N–H and O–H groups in total. The number of nitrogens with zero attached hydrogens (tertiary/aromatic N) is 1. The number of fused-ring (bicyclic) bond motifs is 1. The van der Waals surface area contributed by atoms with E-state index in [-0.39, 0.29) is 5.52 Å². The van der Waals surface area contributed by atoms with Crippen LogP contribution in [0.5, 0.6) is 0 Å². The monoisotopic (exact) mass is 288 g/mol. The molecule has 0 aliphatic heterocycles. The van der Waals surface area contributed by atoms with Crippen LogP contribution >= 0.6 is 0 Å². The summed E-state index contributed by atoms with van der Waals surface area (Å²) in [6.07, 6.45) is -4.42. The Morgan fingerprint density at radius 2 is 1.57 bits per heavy atom. The van der Waals surface area contributed by atoms with Gasteiger partial charge in [-0.15, -0.1) is 0 Å². The number of alkyl halides is 3. The zero-order valence-corrected chi connectivity index (χ0v) is 10.9. The minimum atomic E-state index is -4.42. The number of nitrogens with one attached hydrogen (secondary N) is 1. The van der Waals surface area contributed by atoms with E-state index in [0.717, 1.165) is 11.8 Å². The smallest absolute Gasteiger partial charge is 0.340 e. The van der Waals surface area contributed by atoms with Crippen molar-refractivity contribution in [3.63, 3.8) is 0 Å². The molecule has 1 heterocycles. The Kier molecular flexibility index (Phi) is 3.25. The summed E-state index contributed by atoms with van der Waals surface area (Å²) in [5, 5.41) is 3.46. The highest BCUT2D eigenvalue weighted by Gasteiger charge is 2.33. The Morgan fingerprint density at radius 3 is 2.29 bits per heavy atom. The first-order valence-electron chi connectivity index (χ1n) is 6.33. The third-order valence-electron chi connectivity index (χ3n) is 3.07. The lowest BCUT2D eigenvalue weighted by atomic mass is 10.1. The SMILES string of the molecule is FC(F)(F)c1cccc2ccc(Nc3ccccc3)nc12. The van der Waals surface area contributed by atoms with Gasteiger partial charge in [-0.25, -0.2) is 4.98 Å². The van der Waals surface area contributed by atoms with Gasteiger partial charge in [0.15, 0.2) is 0 Å². The molecule has 0 spiro atoms. The van der Waals surface area contributed by atoms with Crippen LogP contribution in [-0.2, 0) is 6.18 Å². The molecule has 0 aliphatic carbocycles. The topological polar surface area (TPSA) is 24.9 Å². The number of halogens is 3. The lowest BCUT2D eigenvalue weighted by Gasteiger charge is -2.11. The van der Waals surface area contributed by atoms with Crippen molar-refractivity contribution in [2.75, 3.05) is 5.32 Å². The summed E-state index contributed by atoms with van der Waals surface area (Å²) in [6, 6.07) is 16.5. The molecule has 0 saturated carbocycles. The standard InChI is InChI=1S/C16H11F3N2/c17-16(18,19)13-8-4-5-11-9-10-14(21-15(11)13)20-12-6-2-1-3-7-12/h1-10H,(H,20,21). The Labute approximate surface area is 119 Å².